The molecule has 0 atom stereocenters. The summed E-state index contributed by atoms with van der Waals surface area (Å²) in [6.07, 6.45) is 0. The molecule has 2 amide bonds. The Morgan fingerprint density at radius 3 is 1.93 bits per heavy atom. The number of carbonyl (C=O) groups excluding carboxylic acids is 2. The third kappa shape index (κ3) is 4.70. The van der Waals surface area contributed by atoms with E-state index in [4.69, 9.17) is 0 Å². The Morgan fingerprint density at radius 2 is 1.39 bits per heavy atom. The monoisotopic (exact) mass is 375 g/mol. The number of aryl methyl sites for hydroxylation is 2. The molecule has 0 fully saturated rings. The second kappa shape index (κ2) is 8.30. The summed E-state index contributed by atoms with van der Waals surface area (Å²) >= 11 is 0. The minimum Gasteiger partial charge on any atom is -0.338 e. The zero-order chi connectivity index (χ0) is 20.1. The van der Waals surface area contributed by atoms with Gasteiger partial charge in [0.2, 0.25) is 5.91 Å². The highest BCUT2D eigenvalue weighted by Crippen LogP contribution is 2.23. The lowest BCUT2D eigenvalue weighted by molar-refractivity contribution is -0.114. The first-order valence-corrected chi connectivity index (χ1v) is 8.78. The van der Waals surface area contributed by atoms with Crippen LogP contribution < -0.4 is 16.0 Å². The van der Waals surface area contributed by atoms with Crippen molar-refractivity contribution in [1.82, 2.24) is 10.2 Å². The van der Waals surface area contributed by atoms with Gasteiger partial charge < -0.3 is 16.0 Å². The number of amides is 2. The van der Waals surface area contributed by atoms with Crippen LogP contribution in [0.4, 0.5) is 22.9 Å². The molecule has 3 rings (SSSR count). The van der Waals surface area contributed by atoms with Gasteiger partial charge in [-0.3, -0.25) is 9.59 Å². The average molecular weight is 375 g/mol. The maximum Gasteiger partial charge on any atom is 0.276 e. The molecule has 0 unspecified atom stereocenters. The van der Waals surface area contributed by atoms with Crippen molar-refractivity contribution in [3.05, 3.63) is 71.4 Å². The lowest BCUT2D eigenvalue weighted by Crippen LogP contribution is -2.14. The number of benzene rings is 2. The van der Waals surface area contributed by atoms with E-state index in [1.54, 1.807) is 36.4 Å². The van der Waals surface area contributed by atoms with E-state index in [9.17, 15) is 9.59 Å². The minimum atomic E-state index is -0.363. The Labute approximate surface area is 163 Å². The van der Waals surface area contributed by atoms with Crippen molar-refractivity contribution >= 4 is 34.7 Å². The lowest BCUT2D eigenvalue weighted by Gasteiger charge is -2.11. The summed E-state index contributed by atoms with van der Waals surface area (Å²) in [5.41, 5.74) is 4.65. The molecule has 0 saturated carbocycles. The Hall–Kier alpha value is -3.74. The van der Waals surface area contributed by atoms with Gasteiger partial charge in [0.25, 0.3) is 5.91 Å². The normalized spacial score (nSPS) is 10.2. The number of para-hydroxylation sites is 1. The molecular weight excluding hydrogens is 354 g/mol. The molecule has 0 aliphatic rings. The van der Waals surface area contributed by atoms with Gasteiger partial charge in [-0.15, -0.1) is 10.2 Å². The van der Waals surface area contributed by atoms with Gasteiger partial charge in [0.1, 0.15) is 0 Å². The number of rotatable bonds is 5. The summed E-state index contributed by atoms with van der Waals surface area (Å²) < 4.78 is 0. The Kier molecular flexibility index (Phi) is 5.64. The van der Waals surface area contributed by atoms with Crippen LogP contribution in [0.3, 0.4) is 0 Å². The molecule has 142 valence electrons. The van der Waals surface area contributed by atoms with Crippen LogP contribution in [0.1, 0.15) is 28.5 Å². The summed E-state index contributed by atoms with van der Waals surface area (Å²) in [5, 5.41) is 16.8. The van der Waals surface area contributed by atoms with Crippen molar-refractivity contribution in [3.8, 4) is 0 Å². The largest absolute Gasteiger partial charge is 0.338 e. The molecule has 7 heteroatoms. The Morgan fingerprint density at radius 1 is 0.786 bits per heavy atom. The molecule has 0 bridgehead atoms. The average Bonchev–Trinajstić information content (AvgIpc) is 2.66. The van der Waals surface area contributed by atoms with Crippen LogP contribution >= 0.6 is 0 Å². The molecule has 7 nitrogen and oxygen atoms in total. The highest BCUT2D eigenvalue weighted by Gasteiger charge is 2.10. The van der Waals surface area contributed by atoms with Gasteiger partial charge in [0, 0.05) is 24.0 Å². The van der Waals surface area contributed by atoms with Crippen LogP contribution in [0.5, 0.6) is 0 Å². The molecule has 28 heavy (non-hydrogen) atoms. The number of hydrogen-bond acceptors (Lipinski definition) is 5. The van der Waals surface area contributed by atoms with E-state index in [0.29, 0.717) is 17.2 Å². The fraction of sp³-hybridized carbons (Fsp3) is 0.143. The Balaban J connectivity index is 1.66. The summed E-state index contributed by atoms with van der Waals surface area (Å²) in [7, 11) is 0. The predicted molar refractivity (Wildman–Crippen MR) is 110 cm³/mol. The smallest absolute Gasteiger partial charge is 0.276 e. The predicted octanol–water partition coefficient (Wildman–Crippen LogP) is 4.05. The molecule has 0 aliphatic carbocycles. The first-order chi connectivity index (χ1) is 13.4. The molecule has 0 aliphatic heterocycles. The van der Waals surface area contributed by atoms with Crippen molar-refractivity contribution in [3.63, 3.8) is 0 Å². The minimum absolute atomic E-state index is 0.151. The molecule has 0 spiro atoms. The van der Waals surface area contributed by atoms with Gasteiger partial charge in [-0.2, -0.15) is 0 Å². The maximum absolute atomic E-state index is 12.4. The van der Waals surface area contributed by atoms with E-state index in [1.807, 2.05) is 32.0 Å². The fourth-order valence-electron chi connectivity index (χ4n) is 2.70. The van der Waals surface area contributed by atoms with Crippen molar-refractivity contribution < 1.29 is 9.59 Å². The second-order valence-corrected chi connectivity index (χ2v) is 6.41. The SMILES string of the molecule is CC(=O)Nc1ccc(NC(=O)c2ccc(Nc3c(C)cccc3C)nn2)cc1. The first-order valence-electron chi connectivity index (χ1n) is 8.78. The van der Waals surface area contributed by atoms with Crippen molar-refractivity contribution in [2.75, 3.05) is 16.0 Å². The van der Waals surface area contributed by atoms with Crippen LogP contribution in [0.25, 0.3) is 0 Å². The van der Waals surface area contributed by atoms with E-state index in [2.05, 4.69) is 26.1 Å². The number of nitrogens with one attached hydrogen (secondary N) is 3. The Bertz CT molecular complexity index is 978. The van der Waals surface area contributed by atoms with Crippen molar-refractivity contribution in [1.29, 1.82) is 0 Å². The summed E-state index contributed by atoms with van der Waals surface area (Å²) in [5.74, 6) is 0.0497. The van der Waals surface area contributed by atoms with E-state index in [0.717, 1.165) is 16.8 Å². The second-order valence-electron chi connectivity index (χ2n) is 6.41. The van der Waals surface area contributed by atoms with E-state index >= 15 is 0 Å². The molecule has 2 aromatic carbocycles. The third-order valence-corrected chi connectivity index (χ3v) is 4.09. The van der Waals surface area contributed by atoms with Crippen molar-refractivity contribution in [2.45, 2.75) is 20.8 Å². The topological polar surface area (TPSA) is 96.0 Å². The highest BCUT2D eigenvalue weighted by atomic mass is 16.2. The fourth-order valence-corrected chi connectivity index (χ4v) is 2.70. The standard InChI is InChI=1S/C21H21N5O2/c1-13-5-4-6-14(2)20(13)24-19-12-11-18(25-26-19)21(28)23-17-9-7-16(8-10-17)22-15(3)27/h4-12H,1-3H3,(H,22,27)(H,23,28)(H,24,26). The van der Waals surface area contributed by atoms with Gasteiger partial charge in [0.15, 0.2) is 11.5 Å². The molecule has 1 heterocycles. The molecule has 0 saturated heterocycles. The number of hydrogen-bond donors (Lipinski definition) is 3. The molecular formula is C21H21N5O2. The zero-order valence-corrected chi connectivity index (χ0v) is 15.9. The summed E-state index contributed by atoms with van der Waals surface area (Å²) in [6.45, 7) is 5.47. The molecule has 3 aromatic rings. The molecule has 3 N–H and O–H groups in total. The number of nitrogens with zero attached hydrogens (tertiary/aromatic N) is 2. The van der Waals surface area contributed by atoms with Crippen molar-refractivity contribution in [2.24, 2.45) is 0 Å². The van der Waals surface area contributed by atoms with E-state index in [1.165, 1.54) is 6.92 Å². The van der Waals surface area contributed by atoms with E-state index in [-0.39, 0.29) is 17.5 Å². The quantitative estimate of drug-likeness (QED) is 0.625. The van der Waals surface area contributed by atoms with Crippen LogP contribution in [0.15, 0.2) is 54.6 Å². The van der Waals surface area contributed by atoms with Crippen LogP contribution in [0, 0.1) is 13.8 Å². The number of carbonyl (C=O) groups is 2. The van der Waals surface area contributed by atoms with Gasteiger partial charge in [-0.25, -0.2) is 0 Å². The lowest BCUT2D eigenvalue weighted by atomic mass is 10.1. The van der Waals surface area contributed by atoms with Gasteiger partial charge in [-0.1, -0.05) is 18.2 Å². The maximum atomic E-state index is 12.4. The van der Waals surface area contributed by atoms with Gasteiger partial charge in [-0.05, 0) is 61.4 Å². The summed E-state index contributed by atoms with van der Waals surface area (Å²) in [4.78, 5) is 23.4. The van der Waals surface area contributed by atoms with Crippen LogP contribution in [-0.2, 0) is 4.79 Å². The number of aromatic nitrogens is 2. The van der Waals surface area contributed by atoms with Crippen LogP contribution in [-0.4, -0.2) is 22.0 Å². The zero-order valence-electron chi connectivity index (χ0n) is 15.9. The van der Waals surface area contributed by atoms with E-state index < -0.39 is 0 Å². The molecule has 1 aromatic heterocycles. The van der Waals surface area contributed by atoms with Crippen LogP contribution in [0.2, 0.25) is 0 Å². The highest BCUT2D eigenvalue weighted by molar-refractivity contribution is 6.03. The van der Waals surface area contributed by atoms with Gasteiger partial charge in [0.05, 0.1) is 0 Å². The molecule has 0 radical (unpaired) electrons. The summed E-state index contributed by atoms with van der Waals surface area (Å²) in [6, 6.07) is 16.2. The first kappa shape index (κ1) is 19.0. The van der Waals surface area contributed by atoms with Gasteiger partial charge >= 0.3 is 0 Å². The number of anilines is 4. The third-order valence-electron chi connectivity index (χ3n) is 4.09.